The van der Waals surface area contributed by atoms with Gasteiger partial charge >= 0.3 is 6.18 Å². The molecule has 0 spiro atoms. The molecule has 6 heteroatoms. The van der Waals surface area contributed by atoms with E-state index in [9.17, 15) is 13.2 Å². The third-order valence-electron chi connectivity index (χ3n) is 2.06. The molecule has 0 radical (unpaired) electrons. The highest BCUT2D eigenvalue weighted by atomic mass is 32.1. The van der Waals surface area contributed by atoms with E-state index in [4.69, 9.17) is 5.73 Å². The zero-order valence-electron chi connectivity index (χ0n) is 8.29. The van der Waals surface area contributed by atoms with E-state index in [2.05, 4.69) is 0 Å². The topological polar surface area (TPSA) is 29.3 Å². The summed E-state index contributed by atoms with van der Waals surface area (Å²) >= 11 is 1.42. The fourth-order valence-electron chi connectivity index (χ4n) is 1.39. The average Bonchev–Trinajstić information content (AvgIpc) is 2.54. The Labute approximate surface area is 90.5 Å². The quantitative estimate of drug-likeness (QED) is 0.871. The van der Waals surface area contributed by atoms with E-state index in [1.54, 1.807) is 6.07 Å². The number of hydrogen-bond acceptors (Lipinski definition) is 3. The van der Waals surface area contributed by atoms with Crippen molar-refractivity contribution in [1.29, 1.82) is 0 Å². The Hall–Kier alpha value is -0.590. The fraction of sp³-hybridized carbons (Fsp3) is 0.556. The molecule has 0 aliphatic heterocycles. The highest BCUT2D eigenvalue weighted by Gasteiger charge is 2.32. The van der Waals surface area contributed by atoms with Gasteiger partial charge in [-0.05, 0) is 18.5 Å². The van der Waals surface area contributed by atoms with Gasteiger partial charge in [-0.15, -0.1) is 11.3 Å². The summed E-state index contributed by atoms with van der Waals surface area (Å²) in [6, 6.07) is 3.26. The van der Waals surface area contributed by atoms with Crippen LogP contribution in [-0.4, -0.2) is 31.2 Å². The second-order valence-corrected chi connectivity index (χ2v) is 4.28. The Bertz CT molecular complexity index is 284. The molecule has 1 heterocycles. The maximum atomic E-state index is 12.2. The van der Waals surface area contributed by atoms with Crippen molar-refractivity contribution < 1.29 is 13.2 Å². The molecule has 0 saturated heterocycles. The van der Waals surface area contributed by atoms with E-state index >= 15 is 0 Å². The molecule has 0 aromatic carbocycles. The smallest absolute Gasteiger partial charge is 0.329 e. The maximum Gasteiger partial charge on any atom is 0.401 e. The molecule has 0 fully saturated rings. The highest BCUT2D eigenvalue weighted by Crippen LogP contribution is 2.26. The number of halogens is 3. The van der Waals surface area contributed by atoms with Crippen LogP contribution in [0.1, 0.15) is 10.9 Å². The van der Waals surface area contributed by atoms with E-state index in [0.717, 1.165) is 4.88 Å². The molecule has 0 bridgehead atoms. The molecule has 1 rings (SSSR count). The largest absolute Gasteiger partial charge is 0.401 e. The summed E-state index contributed by atoms with van der Waals surface area (Å²) in [5.41, 5.74) is 5.48. The molecule has 0 saturated carbocycles. The Kier molecular flexibility index (Phi) is 4.12. The maximum absolute atomic E-state index is 12.2. The van der Waals surface area contributed by atoms with Gasteiger partial charge in [0.05, 0.1) is 12.6 Å². The monoisotopic (exact) mass is 238 g/mol. The molecule has 86 valence electrons. The minimum absolute atomic E-state index is 0.188. The Morgan fingerprint density at radius 3 is 2.60 bits per heavy atom. The molecule has 0 aliphatic rings. The molecule has 2 N–H and O–H groups in total. The summed E-state index contributed by atoms with van der Waals surface area (Å²) < 4.78 is 36.5. The number of likely N-dealkylation sites (N-methyl/N-ethyl adjacent to an activating group) is 1. The van der Waals surface area contributed by atoms with Crippen LogP contribution >= 0.6 is 11.3 Å². The number of hydrogen-bond donors (Lipinski definition) is 1. The van der Waals surface area contributed by atoms with E-state index in [-0.39, 0.29) is 12.6 Å². The van der Waals surface area contributed by atoms with Gasteiger partial charge in [-0.25, -0.2) is 0 Å². The zero-order chi connectivity index (χ0) is 11.5. The number of rotatable bonds is 4. The minimum atomic E-state index is -4.18. The van der Waals surface area contributed by atoms with Gasteiger partial charge in [-0.3, -0.25) is 4.90 Å². The lowest BCUT2D eigenvalue weighted by Crippen LogP contribution is -2.37. The SMILES string of the molecule is CN(CC(F)(F)F)C(CN)c1cccs1. The van der Waals surface area contributed by atoms with Gasteiger partial charge in [-0.1, -0.05) is 6.07 Å². The second kappa shape index (κ2) is 4.96. The standard InChI is InChI=1S/C9H13F3N2S/c1-14(6-9(10,11)12)7(5-13)8-3-2-4-15-8/h2-4,7H,5-6,13H2,1H3. The lowest BCUT2D eigenvalue weighted by Gasteiger charge is -2.26. The zero-order valence-corrected chi connectivity index (χ0v) is 9.11. The molecular weight excluding hydrogens is 225 g/mol. The van der Waals surface area contributed by atoms with Crippen molar-refractivity contribution in [3.05, 3.63) is 22.4 Å². The third kappa shape index (κ3) is 3.81. The summed E-state index contributed by atoms with van der Waals surface area (Å²) in [5, 5.41) is 1.83. The molecule has 1 unspecified atom stereocenters. The van der Waals surface area contributed by atoms with Crippen LogP contribution < -0.4 is 5.73 Å². The summed E-state index contributed by atoms with van der Waals surface area (Å²) in [7, 11) is 1.44. The molecule has 15 heavy (non-hydrogen) atoms. The Morgan fingerprint density at radius 1 is 1.53 bits per heavy atom. The fourth-order valence-corrected chi connectivity index (χ4v) is 2.29. The lowest BCUT2D eigenvalue weighted by atomic mass is 10.2. The Morgan fingerprint density at radius 2 is 2.20 bits per heavy atom. The van der Waals surface area contributed by atoms with Crippen molar-refractivity contribution in [1.82, 2.24) is 4.90 Å². The van der Waals surface area contributed by atoms with Crippen LogP contribution in [0.5, 0.6) is 0 Å². The number of alkyl halides is 3. The van der Waals surface area contributed by atoms with Crippen LogP contribution in [0.15, 0.2) is 17.5 Å². The van der Waals surface area contributed by atoms with Crippen molar-refractivity contribution in [2.45, 2.75) is 12.2 Å². The van der Waals surface area contributed by atoms with Crippen LogP contribution in [0.25, 0.3) is 0 Å². The molecule has 0 aliphatic carbocycles. The minimum Gasteiger partial charge on any atom is -0.329 e. The van der Waals surface area contributed by atoms with Crippen LogP contribution in [0.2, 0.25) is 0 Å². The van der Waals surface area contributed by atoms with Crippen LogP contribution in [0.3, 0.4) is 0 Å². The van der Waals surface area contributed by atoms with Gasteiger partial charge in [0.15, 0.2) is 0 Å². The molecule has 0 amide bonds. The predicted molar refractivity (Wildman–Crippen MR) is 54.8 cm³/mol. The summed E-state index contributed by atoms with van der Waals surface area (Å²) in [6.45, 7) is -0.750. The van der Waals surface area contributed by atoms with Crippen molar-refractivity contribution in [3.63, 3.8) is 0 Å². The third-order valence-corrected chi connectivity index (χ3v) is 3.03. The molecule has 2 nitrogen and oxygen atoms in total. The van der Waals surface area contributed by atoms with Crippen molar-refractivity contribution in [3.8, 4) is 0 Å². The molecule has 1 aromatic heterocycles. The van der Waals surface area contributed by atoms with Crippen molar-refractivity contribution in [2.24, 2.45) is 5.73 Å². The van der Waals surface area contributed by atoms with Crippen LogP contribution in [-0.2, 0) is 0 Å². The summed E-state index contributed by atoms with van der Waals surface area (Å²) in [4.78, 5) is 2.09. The number of thiophene rings is 1. The van der Waals surface area contributed by atoms with Crippen molar-refractivity contribution >= 4 is 11.3 Å². The van der Waals surface area contributed by atoms with E-state index in [0.29, 0.717) is 0 Å². The van der Waals surface area contributed by atoms with Gasteiger partial charge < -0.3 is 5.73 Å². The van der Waals surface area contributed by atoms with Gasteiger partial charge in [0.2, 0.25) is 0 Å². The molecular formula is C9H13F3N2S. The van der Waals surface area contributed by atoms with Gasteiger partial charge in [0.1, 0.15) is 0 Å². The first-order chi connectivity index (χ1) is 6.94. The normalized spacial score (nSPS) is 14.5. The first kappa shape index (κ1) is 12.5. The van der Waals surface area contributed by atoms with E-state index in [1.807, 2.05) is 11.4 Å². The summed E-state index contributed by atoms with van der Waals surface area (Å²) in [5.74, 6) is 0. The van der Waals surface area contributed by atoms with Gasteiger partial charge in [0, 0.05) is 11.4 Å². The van der Waals surface area contributed by atoms with Crippen LogP contribution in [0.4, 0.5) is 13.2 Å². The highest BCUT2D eigenvalue weighted by molar-refractivity contribution is 7.10. The van der Waals surface area contributed by atoms with Crippen molar-refractivity contribution in [2.75, 3.05) is 20.1 Å². The van der Waals surface area contributed by atoms with Crippen LogP contribution in [0, 0.1) is 0 Å². The van der Waals surface area contributed by atoms with Gasteiger partial charge in [-0.2, -0.15) is 13.2 Å². The van der Waals surface area contributed by atoms with Gasteiger partial charge in [0.25, 0.3) is 0 Å². The Balaban J connectivity index is 2.67. The second-order valence-electron chi connectivity index (χ2n) is 3.30. The predicted octanol–water partition coefficient (Wildman–Crippen LogP) is 2.24. The van der Waals surface area contributed by atoms with E-state index < -0.39 is 12.7 Å². The molecule has 1 aromatic rings. The first-order valence-corrected chi connectivity index (χ1v) is 5.32. The molecule has 1 atom stereocenters. The number of nitrogens with zero attached hydrogens (tertiary/aromatic N) is 1. The summed E-state index contributed by atoms with van der Waals surface area (Å²) in [6.07, 6.45) is -4.18. The number of nitrogens with two attached hydrogens (primary N) is 1. The lowest BCUT2D eigenvalue weighted by molar-refractivity contribution is -0.147. The van der Waals surface area contributed by atoms with E-state index in [1.165, 1.54) is 23.3 Å². The first-order valence-electron chi connectivity index (χ1n) is 4.44. The average molecular weight is 238 g/mol.